The standard InChI is InChI=1S/C12H20N2O4S/c1-2-4-14-11(15)6-10(12(14)16)13-7-9-3-5-19(17,18)8-9/h9-10,13H,2-8H2,1H3. The van der Waals surface area contributed by atoms with Gasteiger partial charge in [-0.25, -0.2) is 8.42 Å². The number of rotatable bonds is 5. The van der Waals surface area contributed by atoms with Crippen molar-refractivity contribution in [3.63, 3.8) is 0 Å². The summed E-state index contributed by atoms with van der Waals surface area (Å²) in [6.45, 7) is 2.88. The summed E-state index contributed by atoms with van der Waals surface area (Å²) in [7, 11) is -2.89. The number of carbonyl (C=O) groups excluding carboxylic acids is 2. The number of sulfone groups is 1. The fourth-order valence-corrected chi connectivity index (χ4v) is 4.50. The SMILES string of the molecule is CCCN1C(=O)CC(NCC2CCS(=O)(=O)C2)C1=O. The topological polar surface area (TPSA) is 83.6 Å². The van der Waals surface area contributed by atoms with Crippen molar-refractivity contribution in [3.8, 4) is 0 Å². The van der Waals surface area contributed by atoms with E-state index in [0.29, 0.717) is 19.5 Å². The quantitative estimate of drug-likeness (QED) is 0.693. The van der Waals surface area contributed by atoms with Gasteiger partial charge in [-0.2, -0.15) is 0 Å². The van der Waals surface area contributed by atoms with Crippen molar-refractivity contribution in [2.75, 3.05) is 24.6 Å². The smallest absolute Gasteiger partial charge is 0.246 e. The zero-order valence-corrected chi connectivity index (χ0v) is 11.9. The largest absolute Gasteiger partial charge is 0.305 e. The normalized spacial score (nSPS) is 30.3. The van der Waals surface area contributed by atoms with Gasteiger partial charge in [0.2, 0.25) is 11.8 Å². The molecule has 108 valence electrons. The van der Waals surface area contributed by atoms with Crippen molar-refractivity contribution in [3.05, 3.63) is 0 Å². The minimum Gasteiger partial charge on any atom is -0.305 e. The first-order valence-electron chi connectivity index (χ1n) is 6.71. The highest BCUT2D eigenvalue weighted by Gasteiger charge is 2.38. The Bertz CT molecular complexity index is 474. The zero-order chi connectivity index (χ0) is 14.0. The predicted molar refractivity (Wildman–Crippen MR) is 70.2 cm³/mol. The van der Waals surface area contributed by atoms with Gasteiger partial charge in [-0.05, 0) is 25.3 Å². The lowest BCUT2D eigenvalue weighted by Gasteiger charge is -2.15. The summed E-state index contributed by atoms with van der Waals surface area (Å²) in [4.78, 5) is 24.9. The maximum absolute atomic E-state index is 12.0. The fourth-order valence-electron chi connectivity index (χ4n) is 2.64. The summed E-state index contributed by atoms with van der Waals surface area (Å²) in [5.74, 6) is 0.177. The van der Waals surface area contributed by atoms with Crippen LogP contribution in [0.5, 0.6) is 0 Å². The van der Waals surface area contributed by atoms with Crippen LogP contribution in [0.4, 0.5) is 0 Å². The second kappa shape index (κ2) is 5.58. The predicted octanol–water partition coefficient (Wildman–Crippen LogP) is -0.452. The van der Waals surface area contributed by atoms with Crippen LogP contribution in [0, 0.1) is 5.92 Å². The third-order valence-corrected chi connectivity index (χ3v) is 5.51. The molecule has 0 aromatic carbocycles. The van der Waals surface area contributed by atoms with E-state index in [1.165, 1.54) is 4.90 Å². The van der Waals surface area contributed by atoms with Crippen LogP contribution in [0.2, 0.25) is 0 Å². The number of carbonyl (C=O) groups is 2. The molecule has 7 heteroatoms. The molecule has 6 nitrogen and oxygen atoms in total. The molecule has 0 spiro atoms. The molecule has 2 aliphatic rings. The van der Waals surface area contributed by atoms with Crippen LogP contribution in [-0.4, -0.2) is 55.8 Å². The van der Waals surface area contributed by atoms with E-state index >= 15 is 0 Å². The zero-order valence-electron chi connectivity index (χ0n) is 11.1. The lowest BCUT2D eigenvalue weighted by atomic mass is 10.1. The van der Waals surface area contributed by atoms with Gasteiger partial charge >= 0.3 is 0 Å². The van der Waals surface area contributed by atoms with Gasteiger partial charge in [-0.3, -0.25) is 14.5 Å². The van der Waals surface area contributed by atoms with Gasteiger partial charge in [0, 0.05) is 6.54 Å². The molecule has 0 aliphatic carbocycles. The molecule has 0 saturated carbocycles. The molecule has 0 bridgehead atoms. The van der Waals surface area contributed by atoms with Crippen LogP contribution in [0.15, 0.2) is 0 Å². The molecule has 1 N–H and O–H groups in total. The Balaban J connectivity index is 1.84. The summed E-state index contributed by atoms with van der Waals surface area (Å²) in [5.41, 5.74) is 0. The van der Waals surface area contributed by atoms with Crippen LogP contribution in [0.3, 0.4) is 0 Å². The monoisotopic (exact) mass is 288 g/mol. The Morgan fingerprint density at radius 1 is 1.37 bits per heavy atom. The van der Waals surface area contributed by atoms with E-state index < -0.39 is 15.9 Å². The van der Waals surface area contributed by atoms with E-state index in [1.807, 2.05) is 6.92 Å². The number of imide groups is 1. The maximum atomic E-state index is 12.0. The van der Waals surface area contributed by atoms with Crippen molar-refractivity contribution in [2.24, 2.45) is 5.92 Å². The Morgan fingerprint density at radius 3 is 2.68 bits per heavy atom. The average Bonchev–Trinajstić information content (AvgIpc) is 2.81. The Morgan fingerprint density at radius 2 is 2.11 bits per heavy atom. The van der Waals surface area contributed by atoms with Crippen molar-refractivity contribution >= 4 is 21.7 Å². The molecule has 19 heavy (non-hydrogen) atoms. The number of hydrogen-bond acceptors (Lipinski definition) is 5. The van der Waals surface area contributed by atoms with Crippen molar-refractivity contribution in [1.82, 2.24) is 10.2 Å². The molecule has 2 saturated heterocycles. The van der Waals surface area contributed by atoms with Crippen molar-refractivity contribution in [1.29, 1.82) is 0 Å². The number of nitrogens with one attached hydrogen (secondary N) is 1. The molecule has 2 heterocycles. The fraction of sp³-hybridized carbons (Fsp3) is 0.833. The first-order chi connectivity index (χ1) is 8.93. The van der Waals surface area contributed by atoms with Gasteiger partial charge in [0.25, 0.3) is 0 Å². The summed E-state index contributed by atoms with van der Waals surface area (Å²) in [6, 6.07) is -0.470. The number of hydrogen-bond donors (Lipinski definition) is 1. The van der Waals surface area contributed by atoms with Crippen molar-refractivity contribution in [2.45, 2.75) is 32.2 Å². The van der Waals surface area contributed by atoms with Crippen LogP contribution < -0.4 is 5.32 Å². The first-order valence-corrected chi connectivity index (χ1v) is 8.53. The second-order valence-electron chi connectivity index (χ2n) is 5.32. The van der Waals surface area contributed by atoms with Gasteiger partial charge in [-0.1, -0.05) is 6.92 Å². The highest BCUT2D eigenvalue weighted by molar-refractivity contribution is 7.91. The van der Waals surface area contributed by atoms with Gasteiger partial charge < -0.3 is 5.32 Å². The van der Waals surface area contributed by atoms with E-state index in [9.17, 15) is 18.0 Å². The van der Waals surface area contributed by atoms with E-state index in [1.54, 1.807) is 0 Å². The summed E-state index contributed by atoms with van der Waals surface area (Å²) < 4.78 is 22.7. The molecule has 0 aromatic heterocycles. The van der Waals surface area contributed by atoms with Crippen LogP contribution in [-0.2, 0) is 19.4 Å². The van der Waals surface area contributed by atoms with Gasteiger partial charge in [0.15, 0.2) is 9.84 Å². The highest BCUT2D eigenvalue weighted by atomic mass is 32.2. The molecular weight excluding hydrogens is 268 g/mol. The van der Waals surface area contributed by atoms with E-state index in [0.717, 1.165) is 6.42 Å². The average molecular weight is 288 g/mol. The van der Waals surface area contributed by atoms with Gasteiger partial charge in [0.05, 0.1) is 24.0 Å². The minimum atomic E-state index is -2.89. The van der Waals surface area contributed by atoms with Gasteiger partial charge in [0.1, 0.15) is 0 Å². The van der Waals surface area contributed by atoms with E-state index in [4.69, 9.17) is 0 Å². The summed E-state index contributed by atoms with van der Waals surface area (Å²) >= 11 is 0. The second-order valence-corrected chi connectivity index (χ2v) is 7.55. The van der Waals surface area contributed by atoms with Crippen molar-refractivity contribution < 1.29 is 18.0 Å². The van der Waals surface area contributed by atoms with Crippen LogP contribution in [0.1, 0.15) is 26.2 Å². The molecule has 2 fully saturated rings. The number of amides is 2. The van der Waals surface area contributed by atoms with Gasteiger partial charge in [-0.15, -0.1) is 0 Å². The first kappa shape index (κ1) is 14.5. The molecule has 0 radical (unpaired) electrons. The Kier molecular flexibility index (Phi) is 4.25. The summed E-state index contributed by atoms with van der Waals surface area (Å²) in [5, 5.41) is 3.05. The lowest BCUT2D eigenvalue weighted by Crippen LogP contribution is -2.41. The van der Waals surface area contributed by atoms with E-state index in [2.05, 4.69) is 5.32 Å². The third kappa shape index (κ3) is 3.33. The molecule has 2 unspecified atom stereocenters. The molecule has 0 aromatic rings. The van der Waals surface area contributed by atoms with E-state index in [-0.39, 0.29) is 35.7 Å². The Hall–Kier alpha value is -0.950. The minimum absolute atomic E-state index is 0.0631. The molecule has 2 rings (SSSR count). The third-order valence-electron chi connectivity index (χ3n) is 3.67. The summed E-state index contributed by atoms with van der Waals surface area (Å²) in [6.07, 6.45) is 1.59. The number of nitrogens with zero attached hydrogens (tertiary/aromatic N) is 1. The molecule has 2 atom stereocenters. The maximum Gasteiger partial charge on any atom is 0.246 e. The highest BCUT2D eigenvalue weighted by Crippen LogP contribution is 2.19. The number of likely N-dealkylation sites (tertiary alicyclic amines) is 1. The van der Waals surface area contributed by atoms with Crippen LogP contribution >= 0.6 is 0 Å². The van der Waals surface area contributed by atoms with Crippen LogP contribution in [0.25, 0.3) is 0 Å². The Labute approximate surface area is 113 Å². The molecule has 2 aliphatic heterocycles. The lowest BCUT2D eigenvalue weighted by molar-refractivity contribution is -0.138. The molecule has 2 amide bonds. The molecular formula is C12H20N2O4S.